The fourth-order valence-electron chi connectivity index (χ4n) is 6.01. The van der Waals surface area contributed by atoms with Gasteiger partial charge in [0, 0.05) is 23.5 Å². The molecule has 3 aliphatic rings. The van der Waals surface area contributed by atoms with E-state index < -0.39 is 32.7 Å². The molecule has 1 saturated carbocycles. The highest BCUT2D eigenvalue weighted by Crippen LogP contribution is 2.65. The number of pyridine rings is 1. The van der Waals surface area contributed by atoms with Gasteiger partial charge in [-0.15, -0.1) is 0 Å². The van der Waals surface area contributed by atoms with Crippen LogP contribution >= 0.6 is 15.9 Å². The van der Waals surface area contributed by atoms with Gasteiger partial charge in [0.2, 0.25) is 10.0 Å². The SMILES string of the molecule is COc1cncc2c1C(=O)C1C(S(=O)(=O)N3CCOCC3)C(c3ccccc3)C1(c1ccc(Br)cc1)O2. The molecule has 3 aromatic rings. The molecule has 2 fully saturated rings. The third kappa shape index (κ3) is 3.64. The van der Waals surface area contributed by atoms with E-state index in [1.165, 1.54) is 23.8 Å². The van der Waals surface area contributed by atoms with Crippen LogP contribution in [0.25, 0.3) is 0 Å². The molecule has 2 aromatic carbocycles. The molecule has 8 nitrogen and oxygen atoms in total. The molecule has 1 aromatic heterocycles. The monoisotopic (exact) mass is 584 g/mol. The number of carbonyl (C=O) groups excluding carboxylic acids is 1. The number of halogens is 1. The molecule has 10 heteroatoms. The highest BCUT2D eigenvalue weighted by atomic mass is 79.9. The van der Waals surface area contributed by atoms with Crippen molar-refractivity contribution in [2.24, 2.45) is 5.92 Å². The van der Waals surface area contributed by atoms with Crippen molar-refractivity contribution in [1.29, 1.82) is 0 Å². The van der Waals surface area contributed by atoms with Gasteiger partial charge < -0.3 is 14.2 Å². The topological polar surface area (TPSA) is 95.0 Å². The predicted molar refractivity (Wildman–Crippen MR) is 139 cm³/mol. The average molecular weight is 585 g/mol. The summed E-state index contributed by atoms with van der Waals surface area (Å²) in [4.78, 5) is 18.5. The summed E-state index contributed by atoms with van der Waals surface area (Å²) >= 11 is 3.48. The lowest BCUT2D eigenvalue weighted by Crippen LogP contribution is -2.72. The van der Waals surface area contributed by atoms with Crippen LogP contribution in [0.1, 0.15) is 27.4 Å². The molecular weight excluding hydrogens is 560 g/mol. The summed E-state index contributed by atoms with van der Waals surface area (Å²) in [5, 5.41) is -1.03. The molecule has 192 valence electrons. The highest BCUT2D eigenvalue weighted by Gasteiger charge is 2.74. The van der Waals surface area contributed by atoms with E-state index in [0.717, 1.165) is 15.6 Å². The summed E-state index contributed by atoms with van der Waals surface area (Å²) in [6.07, 6.45) is 2.95. The first-order valence-electron chi connectivity index (χ1n) is 12.0. The molecule has 0 amide bonds. The third-order valence-electron chi connectivity index (χ3n) is 7.61. The van der Waals surface area contributed by atoms with Crippen LogP contribution in [0.5, 0.6) is 11.5 Å². The Bertz CT molecular complexity index is 1440. The van der Waals surface area contributed by atoms with Crippen molar-refractivity contribution in [2.45, 2.75) is 16.8 Å². The van der Waals surface area contributed by atoms with Crippen LogP contribution in [0, 0.1) is 5.92 Å². The van der Waals surface area contributed by atoms with Gasteiger partial charge in [-0.1, -0.05) is 58.4 Å². The second kappa shape index (κ2) is 9.20. The Morgan fingerprint density at radius 2 is 1.73 bits per heavy atom. The first kappa shape index (κ1) is 24.5. The van der Waals surface area contributed by atoms with Gasteiger partial charge in [-0.3, -0.25) is 9.78 Å². The van der Waals surface area contributed by atoms with E-state index in [4.69, 9.17) is 14.2 Å². The first-order valence-corrected chi connectivity index (χ1v) is 14.3. The number of hydrogen-bond donors (Lipinski definition) is 0. The number of methoxy groups -OCH3 is 1. The van der Waals surface area contributed by atoms with Gasteiger partial charge in [0.25, 0.3) is 0 Å². The molecule has 3 heterocycles. The van der Waals surface area contributed by atoms with Crippen LogP contribution in [0.3, 0.4) is 0 Å². The first-order chi connectivity index (χ1) is 17.9. The standard InChI is InChI=1S/C27H25BrN2O6S/c1-34-20-15-29-16-21-22(20)25(31)24-26(37(32,33)30-11-13-35-14-12-30)23(17-5-3-2-4-6-17)27(24,36-21)18-7-9-19(28)10-8-18/h2-10,15-16,23-24,26H,11-14H2,1H3. The van der Waals surface area contributed by atoms with Crippen molar-refractivity contribution in [3.8, 4) is 11.5 Å². The minimum atomic E-state index is -3.92. The van der Waals surface area contributed by atoms with E-state index in [1.54, 1.807) is 0 Å². The summed E-state index contributed by atoms with van der Waals surface area (Å²) < 4.78 is 48.4. The second-order valence-electron chi connectivity index (χ2n) is 9.37. The number of sulfonamides is 1. The fraction of sp³-hybridized carbons (Fsp3) is 0.333. The zero-order valence-electron chi connectivity index (χ0n) is 20.0. The average Bonchev–Trinajstić information content (AvgIpc) is 2.91. The maximum atomic E-state index is 14.3. The summed E-state index contributed by atoms with van der Waals surface area (Å²) in [6, 6.07) is 17.0. The maximum Gasteiger partial charge on any atom is 0.218 e. The van der Waals surface area contributed by atoms with Gasteiger partial charge in [0.1, 0.15) is 10.8 Å². The number of carbonyl (C=O) groups is 1. The summed E-state index contributed by atoms with van der Waals surface area (Å²) in [5.41, 5.74) is 0.494. The lowest BCUT2D eigenvalue weighted by Gasteiger charge is -2.61. The van der Waals surface area contributed by atoms with Crippen molar-refractivity contribution in [3.63, 3.8) is 0 Å². The van der Waals surface area contributed by atoms with Crippen LogP contribution in [0.4, 0.5) is 0 Å². The van der Waals surface area contributed by atoms with Gasteiger partial charge in [0.15, 0.2) is 22.9 Å². The number of ether oxygens (including phenoxy) is 3. The molecule has 4 atom stereocenters. The summed E-state index contributed by atoms with van der Waals surface area (Å²) in [5.74, 6) is -1.41. The number of benzene rings is 2. The van der Waals surface area contributed by atoms with Gasteiger partial charge in [-0.25, -0.2) is 8.42 Å². The summed E-state index contributed by atoms with van der Waals surface area (Å²) in [7, 11) is -2.46. The van der Waals surface area contributed by atoms with Crippen LogP contribution in [-0.2, 0) is 20.4 Å². The lowest BCUT2D eigenvalue weighted by molar-refractivity contribution is -0.0905. The molecule has 4 unspecified atom stereocenters. The Balaban J connectivity index is 1.61. The Morgan fingerprint density at radius 1 is 1.03 bits per heavy atom. The molecule has 0 spiro atoms. The zero-order chi connectivity index (χ0) is 25.8. The number of aromatic nitrogens is 1. The normalized spacial score (nSPS) is 27.4. The van der Waals surface area contributed by atoms with Crippen molar-refractivity contribution >= 4 is 31.7 Å². The van der Waals surface area contributed by atoms with E-state index >= 15 is 0 Å². The van der Waals surface area contributed by atoms with Crippen LogP contribution in [0.15, 0.2) is 71.5 Å². The predicted octanol–water partition coefficient (Wildman–Crippen LogP) is 3.77. The second-order valence-corrected chi connectivity index (χ2v) is 12.4. The van der Waals surface area contributed by atoms with Gasteiger partial charge in [-0.05, 0) is 23.3 Å². The minimum absolute atomic E-state index is 0.226. The molecule has 6 rings (SSSR count). The van der Waals surface area contributed by atoms with E-state index in [-0.39, 0.29) is 35.9 Å². The Labute approximate surface area is 223 Å². The number of nitrogens with zero attached hydrogens (tertiary/aromatic N) is 2. The van der Waals surface area contributed by atoms with E-state index in [1.807, 2.05) is 54.6 Å². The number of ketones is 1. The molecule has 37 heavy (non-hydrogen) atoms. The molecular formula is C27H25BrN2O6S. The minimum Gasteiger partial charge on any atom is -0.494 e. The Hall–Kier alpha value is -2.79. The van der Waals surface area contributed by atoms with Crippen molar-refractivity contribution < 1.29 is 27.4 Å². The number of rotatable bonds is 5. The van der Waals surface area contributed by atoms with Crippen molar-refractivity contribution in [1.82, 2.24) is 9.29 Å². The number of fused-ring (bicyclic) bond motifs is 2. The van der Waals surface area contributed by atoms with Gasteiger partial charge in [-0.2, -0.15) is 4.31 Å². The molecule has 0 N–H and O–H groups in total. The molecule has 1 aliphatic carbocycles. The molecule has 0 radical (unpaired) electrons. The Kier molecular flexibility index (Phi) is 6.10. The van der Waals surface area contributed by atoms with Crippen LogP contribution in [-0.4, -0.2) is 62.2 Å². The fourth-order valence-corrected chi connectivity index (χ4v) is 8.64. The van der Waals surface area contributed by atoms with E-state index in [0.29, 0.717) is 13.2 Å². The largest absolute Gasteiger partial charge is 0.494 e. The highest BCUT2D eigenvalue weighted by molar-refractivity contribution is 9.10. The maximum absolute atomic E-state index is 14.3. The molecule has 2 aliphatic heterocycles. The van der Waals surface area contributed by atoms with Crippen molar-refractivity contribution in [2.75, 3.05) is 33.4 Å². The zero-order valence-corrected chi connectivity index (χ0v) is 22.4. The van der Waals surface area contributed by atoms with E-state index in [9.17, 15) is 13.2 Å². The number of hydrogen-bond acceptors (Lipinski definition) is 7. The van der Waals surface area contributed by atoms with Crippen LogP contribution < -0.4 is 9.47 Å². The van der Waals surface area contributed by atoms with Crippen LogP contribution in [0.2, 0.25) is 0 Å². The number of morpholine rings is 1. The van der Waals surface area contributed by atoms with Crippen molar-refractivity contribution in [3.05, 3.63) is 88.2 Å². The number of Topliss-reactive ketones (excluding diaryl/α,β-unsaturated/α-hetero) is 1. The Morgan fingerprint density at radius 3 is 2.41 bits per heavy atom. The quantitative estimate of drug-likeness (QED) is 0.450. The summed E-state index contributed by atoms with van der Waals surface area (Å²) in [6.45, 7) is 1.13. The van der Waals surface area contributed by atoms with Gasteiger partial charge in [0.05, 0.1) is 38.6 Å². The third-order valence-corrected chi connectivity index (χ3v) is 10.5. The lowest BCUT2D eigenvalue weighted by atomic mass is 9.52. The smallest absolute Gasteiger partial charge is 0.218 e. The van der Waals surface area contributed by atoms with E-state index in [2.05, 4.69) is 20.9 Å². The molecule has 0 bridgehead atoms. The molecule has 1 saturated heterocycles. The van der Waals surface area contributed by atoms with Gasteiger partial charge >= 0.3 is 0 Å².